The Hall–Kier alpha value is -0.120. The highest BCUT2D eigenvalue weighted by Crippen LogP contribution is 2.20. The summed E-state index contributed by atoms with van der Waals surface area (Å²) < 4.78 is 5.94. The zero-order valence-electron chi connectivity index (χ0n) is 11.5. The molecule has 0 amide bonds. The van der Waals surface area contributed by atoms with E-state index in [-0.39, 0.29) is 0 Å². The first kappa shape index (κ1) is 13.3. The molecule has 0 aliphatic carbocycles. The minimum Gasteiger partial charge on any atom is -0.374 e. The van der Waals surface area contributed by atoms with E-state index in [1.54, 1.807) is 0 Å². The molecule has 3 unspecified atom stereocenters. The van der Waals surface area contributed by atoms with E-state index in [2.05, 4.69) is 24.1 Å². The minimum atomic E-state index is 0.483. The van der Waals surface area contributed by atoms with Crippen molar-refractivity contribution in [2.45, 2.75) is 64.2 Å². The molecule has 2 saturated heterocycles. The van der Waals surface area contributed by atoms with E-state index in [1.807, 2.05) is 0 Å². The Labute approximate surface area is 106 Å². The maximum absolute atomic E-state index is 5.94. The fourth-order valence-corrected chi connectivity index (χ4v) is 3.09. The molecule has 2 aliphatic heterocycles. The van der Waals surface area contributed by atoms with E-state index >= 15 is 0 Å². The van der Waals surface area contributed by atoms with Gasteiger partial charge in [0.05, 0.1) is 12.2 Å². The quantitative estimate of drug-likeness (QED) is 0.813. The van der Waals surface area contributed by atoms with Gasteiger partial charge in [0.1, 0.15) is 0 Å². The second kappa shape index (κ2) is 6.72. The van der Waals surface area contributed by atoms with Crippen LogP contribution in [-0.4, -0.2) is 49.3 Å². The molecule has 3 atom stereocenters. The van der Waals surface area contributed by atoms with Gasteiger partial charge in [-0.1, -0.05) is 13.3 Å². The molecule has 2 fully saturated rings. The van der Waals surface area contributed by atoms with Gasteiger partial charge in [-0.25, -0.2) is 0 Å². The van der Waals surface area contributed by atoms with Crippen molar-refractivity contribution in [3.63, 3.8) is 0 Å². The molecule has 0 aromatic rings. The van der Waals surface area contributed by atoms with Gasteiger partial charge in [0.2, 0.25) is 0 Å². The van der Waals surface area contributed by atoms with Crippen LogP contribution in [0.25, 0.3) is 0 Å². The lowest BCUT2D eigenvalue weighted by atomic mass is 10.1. The fourth-order valence-electron chi connectivity index (χ4n) is 3.09. The highest BCUT2D eigenvalue weighted by atomic mass is 16.5. The molecule has 0 bridgehead atoms. The lowest BCUT2D eigenvalue weighted by Crippen LogP contribution is -2.40. The molecular weight excluding hydrogens is 212 g/mol. The van der Waals surface area contributed by atoms with Crippen molar-refractivity contribution in [2.75, 3.05) is 26.2 Å². The van der Waals surface area contributed by atoms with E-state index in [0.717, 1.165) is 6.54 Å². The topological polar surface area (TPSA) is 24.5 Å². The molecule has 3 heteroatoms. The Balaban J connectivity index is 1.78. The van der Waals surface area contributed by atoms with Crippen LogP contribution in [0.5, 0.6) is 0 Å². The monoisotopic (exact) mass is 240 g/mol. The number of hydrogen-bond donors (Lipinski definition) is 1. The highest BCUT2D eigenvalue weighted by molar-refractivity contribution is 4.80. The Morgan fingerprint density at radius 1 is 1.35 bits per heavy atom. The van der Waals surface area contributed by atoms with Crippen molar-refractivity contribution in [3.8, 4) is 0 Å². The van der Waals surface area contributed by atoms with Gasteiger partial charge in [-0.05, 0) is 45.7 Å². The zero-order chi connectivity index (χ0) is 12.1. The summed E-state index contributed by atoms with van der Waals surface area (Å²) in [6.07, 6.45) is 7.34. The zero-order valence-corrected chi connectivity index (χ0v) is 11.5. The first-order chi connectivity index (χ1) is 8.28. The van der Waals surface area contributed by atoms with Gasteiger partial charge < -0.3 is 10.1 Å². The van der Waals surface area contributed by atoms with Crippen LogP contribution >= 0.6 is 0 Å². The van der Waals surface area contributed by atoms with Crippen LogP contribution in [0.3, 0.4) is 0 Å². The molecule has 0 aromatic carbocycles. The molecule has 17 heavy (non-hydrogen) atoms. The third-order valence-electron chi connectivity index (χ3n) is 3.98. The van der Waals surface area contributed by atoms with Crippen LogP contribution in [0.15, 0.2) is 0 Å². The molecule has 2 heterocycles. The lowest BCUT2D eigenvalue weighted by Gasteiger charge is -2.26. The molecule has 100 valence electrons. The molecule has 0 saturated carbocycles. The Bertz CT molecular complexity index is 222. The normalized spacial score (nSPS) is 36.0. The van der Waals surface area contributed by atoms with Crippen molar-refractivity contribution >= 4 is 0 Å². The first-order valence-electron chi connectivity index (χ1n) is 7.39. The lowest BCUT2D eigenvalue weighted by molar-refractivity contribution is 0.0310. The summed E-state index contributed by atoms with van der Waals surface area (Å²) in [5.41, 5.74) is 0. The van der Waals surface area contributed by atoms with Gasteiger partial charge >= 0.3 is 0 Å². The van der Waals surface area contributed by atoms with Crippen molar-refractivity contribution < 1.29 is 4.74 Å². The van der Waals surface area contributed by atoms with E-state index < -0.39 is 0 Å². The second-order valence-corrected chi connectivity index (χ2v) is 5.70. The smallest absolute Gasteiger partial charge is 0.0706 e. The van der Waals surface area contributed by atoms with E-state index in [0.29, 0.717) is 18.2 Å². The summed E-state index contributed by atoms with van der Waals surface area (Å²) in [4.78, 5) is 2.61. The summed E-state index contributed by atoms with van der Waals surface area (Å²) in [7, 11) is 0. The van der Waals surface area contributed by atoms with Gasteiger partial charge in [0.15, 0.2) is 0 Å². The van der Waals surface area contributed by atoms with Crippen LogP contribution in [0.2, 0.25) is 0 Å². The summed E-state index contributed by atoms with van der Waals surface area (Å²) >= 11 is 0. The SMILES string of the molecule is CCCC1CN(CC2CCC(C)O2)CCCN1. The van der Waals surface area contributed by atoms with Crippen LogP contribution in [0.4, 0.5) is 0 Å². The third kappa shape index (κ3) is 4.23. The third-order valence-corrected chi connectivity index (χ3v) is 3.98. The van der Waals surface area contributed by atoms with Crippen LogP contribution in [-0.2, 0) is 4.74 Å². The molecule has 1 N–H and O–H groups in total. The largest absolute Gasteiger partial charge is 0.374 e. The number of rotatable bonds is 4. The molecule has 0 spiro atoms. The molecular formula is C14H28N2O. The second-order valence-electron chi connectivity index (χ2n) is 5.70. The first-order valence-corrected chi connectivity index (χ1v) is 7.39. The van der Waals surface area contributed by atoms with Crippen molar-refractivity contribution in [3.05, 3.63) is 0 Å². The van der Waals surface area contributed by atoms with Gasteiger partial charge in [-0.15, -0.1) is 0 Å². The number of hydrogen-bond acceptors (Lipinski definition) is 3. The minimum absolute atomic E-state index is 0.483. The van der Waals surface area contributed by atoms with E-state index in [9.17, 15) is 0 Å². The molecule has 0 radical (unpaired) electrons. The standard InChI is InChI=1S/C14H28N2O/c1-3-5-13-10-16(9-4-8-15-13)11-14-7-6-12(2)17-14/h12-15H,3-11H2,1-2H3. The van der Waals surface area contributed by atoms with E-state index in [4.69, 9.17) is 4.74 Å². The number of nitrogens with zero attached hydrogens (tertiary/aromatic N) is 1. The predicted molar refractivity (Wildman–Crippen MR) is 71.3 cm³/mol. The predicted octanol–water partition coefficient (Wildman–Crippen LogP) is 2.02. The highest BCUT2D eigenvalue weighted by Gasteiger charge is 2.25. The average molecular weight is 240 g/mol. The Kier molecular flexibility index (Phi) is 5.26. The summed E-state index contributed by atoms with van der Waals surface area (Å²) in [5.74, 6) is 0. The van der Waals surface area contributed by atoms with Gasteiger partial charge in [0, 0.05) is 19.1 Å². The van der Waals surface area contributed by atoms with Crippen molar-refractivity contribution in [1.29, 1.82) is 0 Å². The summed E-state index contributed by atoms with van der Waals surface area (Å²) in [5, 5.41) is 3.66. The molecule has 0 aromatic heterocycles. The summed E-state index contributed by atoms with van der Waals surface area (Å²) in [6.45, 7) is 9.25. The van der Waals surface area contributed by atoms with E-state index in [1.165, 1.54) is 51.7 Å². The van der Waals surface area contributed by atoms with Gasteiger partial charge in [0.25, 0.3) is 0 Å². The van der Waals surface area contributed by atoms with Gasteiger partial charge in [-0.2, -0.15) is 0 Å². The van der Waals surface area contributed by atoms with Gasteiger partial charge in [-0.3, -0.25) is 4.90 Å². The maximum Gasteiger partial charge on any atom is 0.0706 e. The molecule has 2 rings (SSSR count). The number of nitrogens with one attached hydrogen (secondary N) is 1. The Morgan fingerprint density at radius 2 is 2.24 bits per heavy atom. The van der Waals surface area contributed by atoms with Crippen molar-refractivity contribution in [1.82, 2.24) is 10.2 Å². The summed E-state index contributed by atoms with van der Waals surface area (Å²) in [6, 6.07) is 0.696. The fraction of sp³-hybridized carbons (Fsp3) is 1.00. The maximum atomic E-state index is 5.94. The average Bonchev–Trinajstić information content (AvgIpc) is 2.58. The van der Waals surface area contributed by atoms with Crippen LogP contribution in [0, 0.1) is 0 Å². The number of ether oxygens (including phenoxy) is 1. The molecule has 3 nitrogen and oxygen atoms in total. The van der Waals surface area contributed by atoms with Crippen LogP contribution in [0.1, 0.15) is 46.0 Å². The van der Waals surface area contributed by atoms with Crippen LogP contribution < -0.4 is 5.32 Å². The molecule has 2 aliphatic rings. The van der Waals surface area contributed by atoms with Crippen molar-refractivity contribution in [2.24, 2.45) is 0 Å². The Morgan fingerprint density at radius 3 is 2.94 bits per heavy atom.